The predicted octanol–water partition coefficient (Wildman–Crippen LogP) is 12.5. The lowest BCUT2D eigenvalue weighted by Gasteiger charge is -2.41. The van der Waals surface area contributed by atoms with Gasteiger partial charge in [-0.1, -0.05) is 71.7 Å². The van der Waals surface area contributed by atoms with Crippen LogP contribution in [0, 0.1) is 11.8 Å². The minimum atomic E-state index is -0.269. The van der Waals surface area contributed by atoms with Crippen LogP contribution in [0.2, 0.25) is 10.0 Å². The number of ether oxygens (including phenoxy) is 2. The molecule has 0 N–H and O–H groups in total. The van der Waals surface area contributed by atoms with Gasteiger partial charge >= 0.3 is 0 Å². The quantitative estimate of drug-likeness (QED) is 0.165. The number of benzene rings is 4. The van der Waals surface area contributed by atoms with Crippen LogP contribution in [0.5, 0.6) is 0 Å². The molecule has 2 aromatic heterocycles. The van der Waals surface area contributed by atoms with Crippen molar-refractivity contribution in [2.75, 3.05) is 27.3 Å². The Morgan fingerprint density at radius 3 is 1.35 bits per heavy atom. The molecule has 6 unspecified atom stereocenters. The molecule has 8 nitrogen and oxygen atoms in total. The number of hydrogen-bond acceptors (Lipinski definition) is 6. The molecule has 2 saturated heterocycles. The molecule has 4 aliphatic rings. The minimum Gasteiger partial charge on any atom is -0.362 e. The molecule has 340 valence electrons. The Balaban J connectivity index is 0.000000166. The van der Waals surface area contributed by atoms with E-state index in [9.17, 15) is 9.59 Å². The maximum absolute atomic E-state index is 13.2. The van der Waals surface area contributed by atoms with Crippen LogP contribution in [0.3, 0.4) is 0 Å². The summed E-state index contributed by atoms with van der Waals surface area (Å²) in [6.07, 6.45) is 10.3. The highest BCUT2D eigenvalue weighted by atomic mass is 79.9. The highest BCUT2D eigenvalue weighted by molar-refractivity contribution is 9.10. The van der Waals surface area contributed by atoms with Crippen LogP contribution < -0.4 is 0 Å². The molecule has 66 heavy (non-hydrogen) atoms. The molecule has 2 fully saturated rings. The van der Waals surface area contributed by atoms with Crippen molar-refractivity contribution in [3.8, 4) is 0 Å². The summed E-state index contributed by atoms with van der Waals surface area (Å²) in [6, 6.07) is 35.8. The average molecular weight is 1050 g/mol. The normalized spacial score (nSPS) is 22.3. The predicted molar refractivity (Wildman–Crippen MR) is 267 cm³/mol. The van der Waals surface area contributed by atoms with Crippen molar-refractivity contribution in [1.82, 2.24) is 19.8 Å². The van der Waals surface area contributed by atoms with Crippen molar-refractivity contribution in [2.24, 2.45) is 11.8 Å². The fraction of sp³-hybridized carbons (Fsp3) is 0.333. The average Bonchev–Trinajstić information content (AvgIpc) is 3.60. The molecular weight excluding hydrogens is 999 g/mol. The van der Waals surface area contributed by atoms with Gasteiger partial charge in [-0.3, -0.25) is 19.6 Å². The first-order valence-electron chi connectivity index (χ1n) is 22.7. The van der Waals surface area contributed by atoms with E-state index in [1.54, 1.807) is 14.2 Å². The topological polar surface area (TPSA) is 84.9 Å². The fourth-order valence-corrected chi connectivity index (χ4v) is 12.0. The molecule has 0 spiro atoms. The van der Waals surface area contributed by atoms with Gasteiger partial charge in [0.25, 0.3) is 11.8 Å². The van der Waals surface area contributed by atoms with Gasteiger partial charge in [0.2, 0.25) is 0 Å². The number of nitrogens with zero attached hydrogens (tertiary/aromatic N) is 4. The van der Waals surface area contributed by atoms with Gasteiger partial charge in [-0.25, -0.2) is 0 Å². The molecule has 10 rings (SSSR count). The first kappa shape index (κ1) is 46.7. The van der Waals surface area contributed by atoms with Gasteiger partial charge in [0.15, 0.2) is 0 Å². The van der Waals surface area contributed by atoms with Crippen molar-refractivity contribution in [3.05, 3.63) is 196 Å². The van der Waals surface area contributed by atoms with Crippen molar-refractivity contribution >= 4 is 66.9 Å². The minimum absolute atomic E-state index is 0.0244. The van der Waals surface area contributed by atoms with Gasteiger partial charge in [-0.2, -0.15) is 0 Å². The van der Waals surface area contributed by atoms with E-state index >= 15 is 0 Å². The second-order valence-corrected chi connectivity index (χ2v) is 20.4. The molecule has 0 radical (unpaired) electrons. The third-order valence-electron chi connectivity index (χ3n) is 14.0. The van der Waals surface area contributed by atoms with Crippen molar-refractivity contribution in [2.45, 2.75) is 75.7 Å². The van der Waals surface area contributed by atoms with E-state index in [1.807, 2.05) is 95.0 Å². The summed E-state index contributed by atoms with van der Waals surface area (Å²) in [5.74, 6) is 0.956. The Kier molecular flexibility index (Phi) is 14.7. The van der Waals surface area contributed by atoms with Gasteiger partial charge in [-0.05, 0) is 189 Å². The molecular formula is C54H52Br2Cl2N4O4. The van der Waals surface area contributed by atoms with Crippen LogP contribution in [-0.2, 0) is 35.2 Å². The number of hydrogen-bond donors (Lipinski definition) is 0. The first-order chi connectivity index (χ1) is 32.1. The Hall–Kier alpha value is -4.42. The molecule has 2 aliphatic carbocycles. The molecule has 6 aromatic rings. The smallest absolute Gasteiger partial charge is 0.255 e. The lowest BCUT2D eigenvalue weighted by Crippen LogP contribution is -2.48. The van der Waals surface area contributed by atoms with Crippen LogP contribution in [0.1, 0.15) is 103 Å². The Morgan fingerprint density at radius 1 is 0.561 bits per heavy atom. The summed E-state index contributed by atoms with van der Waals surface area (Å²) in [4.78, 5) is 40.0. The van der Waals surface area contributed by atoms with Gasteiger partial charge in [0.05, 0.1) is 11.4 Å². The second kappa shape index (κ2) is 20.8. The van der Waals surface area contributed by atoms with Crippen LogP contribution in [0.4, 0.5) is 0 Å². The molecule has 2 aliphatic heterocycles. The third-order valence-corrected chi connectivity index (χ3v) is 15.3. The number of aromatic nitrogens is 2. The number of rotatable bonds is 6. The summed E-state index contributed by atoms with van der Waals surface area (Å²) >= 11 is 19.9. The number of fused-ring (bicyclic) bond motifs is 4. The fourth-order valence-electron chi connectivity index (χ4n) is 10.8. The van der Waals surface area contributed by atoms with Gasteiger partial charge in [0, 0.05) is 81.7 Å². The zero-order valence-electron chi connectivity index (χ0n) is 37.0. The summed E-state index contributed by atoms with van der Waals surface area (Å²) in [7, 11) is 3.39. The Labute approximate surface area is 414 Å². The Morgan fingerprint density at radius 2 is 0.955 bits per heavy atom. The largest absolute Gasteiger partial charge is 0.362 e. The summed E-state index contributed by atoms with van der Waals surface area (Å²) in [5, 5.41) is 1.54. The van der Waals surface area contributed by atoms with Crippen LogP contribution in [0.15, 0.2) is 131 Å². The van der Waals surface area contributed by atoms with E-state index in [2.05, 4.69) is 68.3 Å². The van der Waals surface area contributed by atoms with E-state index in [0.717, 1.165) is 81.7 Å². The zero-order chi connectivity index (χ0) is 45.9. The number of pyridine rings is 2. The lowest BCUT2D eigenvalue weighted by atomic mass is 9.76. The Bertz CT molecular complexity index is 2420. The van der Waals surface area contributed by atoms with E-state index in [0.29, 0.717) is 36.1 Å². The number of halogens is 4. The standard InChI is InChI=1S/2C27H26BrClN2O2/c2*1-33-24-15-19(11-12-31(24)27(32)17-5-3-2-4-6-17)25-23-10-9-22(29)14-18(23)7-8-20-13-21(28)16-30-26(20)25/h2*2-6,9-10,13-14,16,19,24-25H,7-8,11-12,15H2,1H3. The van der Waals surface area contributed by atoms with Gasteiger partial charge < -0.3 is 19.3 Å². The summed E-state index contributed by atoms with van der Waals surface area (Å²) in [6.45, 7) is 1.31. The molecule has 4 heterocycles. The van der Waals surface area contributed by atoms with Gasteiger partial charge in [0.1, 0.15) is 12.5 Å². The molecule has 12 heteroatoms. The van der Waals surface area contributed by atoms with Crippen LogP contribution >= 0.6 is 55.1 Å². The SMILES string of the molecule is COC1CC(C2c3ccc(Cl)cc3CCc3cc(Br)cnc32)CCN1C(=O)c1ccccc1.COC1CC(C2c3ccc(Cl)cc3CCc3cc(Br)cnc32)CCN1C(=O)c1ccccc1. The molecule has 6 atom stereocenters. The van der Waals surface area contributed by atoms with Crippen molar-refractivity contribution < 1.29 is 19.1 Å². The van der Waals surface area contributed by atoms with Crippen molar-refractivity contribution in [1.29, 1.82) is 0 Å². The number of aryl methyl sites for hydroxylation is 4. The van der Waals surface area contributed by atoms with Crippen molar-refractivity contribution in [3.63, 3.8) is 0 Å². The summed E-state index contributed by atoms with van der Waals surface area (Å²) < 4.78 is 13.7. The third kappa shape index (κ3) is 9.92. The molecule has 2 amide bonds. The van der Waals surface area contributed by atoms with Crippen LogP contribution in [-0.4, -0.2) is 71.3 Å². The number of carbonyl (C=O) groups is 2. The van der Waals surface area contributed by atoms with Gasteiger partial charge in [-0.15, -0.1) is 0 Å². The van der Waals surface area contributed by atoms with E-state index < -0.39 is 0 Å². The number of amides is 2. The zero-order valence-corrected chi connectivity index (χ0v) is 41.7. The molecule has 4 aromatic carbocycles. The van der Waals surface area contributed by atoms with E-state index in [-0.39, 0.29) is 36.1 Å². The summed E-state index contributed by atoms with van der Waals surface area (Å²) in [5.41, 5.74) is 11.4. The lowest BCUT2D eigenvalue weighted by molar-refractivity contribution is -0.0564. The number of piperidine rings is 2. The monoisotopic (exact) mass is 1050 g/mol. The molecule has 0 bridgehead atoms. The highest BCUT2D eigenvalue weighted by Gasteiger charge is 2.41. The number of likely N-dealkylation sites (tertiary alicyclic amines) is 2. The maximum Gasteiger partial charge on any atom is 0.255 e. The van der Waals surface area contributed by atoms with E-state index in [4.69, 9.17) is 42.6 Å². The number of methoxy groups -OCH3 is 2. The molecule has 0 saturated carbocycles. The van der Waals surface area contributed by atoms with E-state index in [1.165, 1.54) is 33.4 Å². The highest BCUT2D eigenvalue weighted by Crippen LogP contribution is 2.46. The first-order valence-corrected chi connectivity index (χ1v) is 25.1. The maximum atomic E-state index is 13.2. The second-order valence-electron chi connectivity index (χ2n) is 17.7. The number of carbonyl (C=O) groups excluding carboxylic acids is 2. The van der Waals surface area contributed by atoms with Crippen LogP contribution in [0.25, 0.3) is 0 Å².